The Morgan fingerprint density at radius 2 is 1.74 bits per heavy atom. The van der Waals surface area contributed by atoms with Gasteiger partial charge in [-0.25, -0.2) is 0 Å². The average molecular weight is 320 g/mol. The van der Waals surface area contributed by atoms with Crippen LogP contribution in [0.25, 0.3) is 0 Å². The van der Waals surface area contributed by atoms with Crippen molar-refractivity contribution >= 4 is 11.6 Å². The lowest BCUT2D eigenvalue weighted by atomic mass is 9.87. The van der Waals surface area contributed by atoms with Crippen molar-refractivity contribution in [1.82, 2.24) is 0 Å². The molecule has 0 amide bonds. The molecule has 4 heteroatoms. The molecule has 1 aromatic rings. The van der Waals surface area contributed by atoms with Gasteiger partial charge >= 0.3 is 0 Å². The summed E-state index contributed by atoms with van der Waals surface area (Å²) in [6.45, 7) is 7.82. The largest absolute Gasteiger partial charge is 0.392 e. The van der Waals surface area contributed by atoms with E-state index in [0.717, 1.165) is 5.56 Å². The van der Waals surface area contributed by atoms with E-state index in [1.54, 1.807) is 0 Å². The molecule has 0 saturated heterocycles. The zero-order valence-corrected chi connectivity index (χ0v) is 14.5. The Balaban J connectivity index is 2.61. The van der Waals surface area contributed by atoms with Gasteiger partial charge in [-0.1, -0.05) is 51.1 Å². The Hall–Kier alpha value is -1.52. The summed E-state index contributed by atoms with van der Waals surface area (Å²) in [6.07, 6.45) is -1.07. The molecule has 0 saturated carbocycles. The van der Waals surface area contributed by atoms with Crippen LogP contribution in [0.4, 0.5) is 0 Å². The maximum absolute atomic E-state index is 11.7. The summed E-state index contributed by atoms with van der Waals surface area (Å²) in [6, 6.07) is 9.86. The molecule has 4 nitrogen and oxygen atoms in total. The summed E-state index contributed by atoms with van der Waals surface area (Å²) >= 11 is 0. The van der Waals surface area contributed by atoms with Crippen molar-refractivity contribution < 1.29 is 19.4 Å². The van der Waals surface area contributed by atoms with Crippen molar-refractivity contribution in [3.05, 3.63) is 35.9 Å². The summed E-state index contributed by atoms with van der Waals surface area (Å²) in [5.41, 5.74) is 1.08. The maximum atomic E-state index is 11.7. The third-order valence-electron chi connectivity index (χ3n) is 3.95. The van der Waals surface area contributed by atoms with E-state index in [1.165, 1.54) is 6.92 Å². The molecule has 0 unspecified atom stereocenters. The second-order valence-electron chi connectivity index (χ2n) is 6.55. The van der Waals surface area contributed by atoms with Crippen molar-refractivity contribution in [1.29, 1.82) is 0 Å². The van der Waals surface area contributed by atoms with Crippen LogP contribution in [-0.4, -0.2) is 28.9 Å². The van der Waals surface area contributed by atoms with Gasteiger partial charge in [-0.2, -0.15) is 0 Å². The van der Waals surface area contributed by atoms with E-state index in [2.05, 4.69) is 0 Å². The third kappa shape index (κ3) is 7.06. The van der Waals surface area contributed by atoms with Crippen LogP contribution in [0.5, 0.6) is 0 Å². The van der Waals surface area contributed by atoms with E-state index in [0.29, 0.717) is 6.61 Å². The smallest absolute Gasteiger partial charge is 0.142 e. The Morgan fingerprint density at radius 3 is 2.26 bits per heavy atom. The molecule has 0 radical (unpaired) electrons. The molecular formula is C19H28O4. The fourth-order valence-corrected chi connectivity index (χ4v) is 2.71. The topological polar surface area (TPSA) is 63.6 Å². The van der Waals surface area contributed by atoms with Gasteiger partial charge in [0.1, 0.15) is 11.6 Å². The summed E-state index contributed by atoms with van der Waals surface area (Å²) in [5, 5.41) is 10.3. The first-order chi connectivity index (χ1) is 10.8. The van der Waals surface area contributed by atoms with Crippen LogP contribution in [0.1, 0.15) is 46.1 Å². The molecule has 1 aromatic carbocycles. The van der Waals surface area contributed by atoms with Crippen LogP contribution in [-0.2, 0) is 20.9 Å². The lowest BCUT2D eigenvalue weighted by Gasteiger charge is -2.31. The van der Waals surface area contributed by atoms with E-state index in [9.17, 15) is 14.7 Å². The maximum Gasteiger partial charge on any atom is 0.142 e. The molecule has 23 heavy (non-hydrogen) atoms. The van der Waals surface area contributed by atoms with Gasteiger partial charge in [0.15, 0.2) is 0 Å². The molecular weight excluding hydrogens is 292 g/mol. The number of rotatable bonds is 10. The van der Waals surface area contributed by atoms with Crippen LogP contribution in [0.3, 0.4) is 0 Å². The third-order valence-corrected chi connectivity index (χ3v) is 3.95. The fourth-order valence-electron chi connectivity index (χ4n) is 2.71. The molecule has 0 aliphatic heterocycles. The van der Waals surface area contributed by atoms with Gasteiger partial charge in [0.2, 0.25) is 0 Å². The minimum atomic E-state index is -0.801. The highest BCUT2D eigenvalue weighted by molar-refractivity contribution is 5.98. The zero-order valence-electron chi connectivity index (χ0n) is 14.5. The van der Waals surface area contributed by atoms with Crippen molar-refractivity contribution in [2.45, 2.75) is 59.4 Å². The second-order valence-corrected chi connectivity index (χ2v) is 6.55. The molecule has 0 fully saturated rings. The molecule has 1 N–H and O–H groups in total. The molecule has 0 aliphatic carbocycles. The number of Topliss-reactive ketones (excluding diaryl/α,β-unsaturated/α-hetero) is 2. The molecule has 0 aliphatic rings. The standard InChI is InChI=1S/C19H28O4/c1-13(2)19(23-12-16-8-6-5-7-9-16)15(4)18(22)11-17(21)10-14(3)20/h5-9,13,15,18-19,22H,10-12H2,1-4H3/t15-,18-,19+/m0/s1. The predicted octanol–water partition coefficient (Wildman–Crippen LogP) is 3.16. The Kier molecular flexibility index (Phi) is 8.13. The summed E-state index contributed by atoms with van der Waals surface area (Å²) in [7, 11) is 0. The van der Waals surface area contributed by atoms with Gasteiger partial charge in [-0.05, 0) is 18.4 Å². The predicted molar refractivity (Wildman–Crippen MR) is 89.9 cm³/mol. The molecule has 128 valence electrons. The summed E-state index contributed by atoms with van der Waals surface area (Å²) < 4.78 is 6.00. The molecule has 0 bridgehead atoms. The highest BCUT2D eigenvalue weighted by Crippen LogP contribution is 2.23. The molecule has 0 spiro atoms. The van der Waals surface area contributed by atoms with Crippen molar-refractivity contribution in [2.24, 2.45) is 11.8 Å². The number of hydrogen-bond acceptors (Lipinski definition) is 4. The second kappa shape index (κ2) is 9.58. The summed E-state index contributed by atoms with van der Waals surface area (Å²) in [5.74, 6) is -0.362. The van der Waals surface area contributed by atoms with Gasteiger partial charge in [-0.3, -0.25) is 9.59 Å². The van der Waals surface area contributed by atoms with E-state index < -0.39 is 6.10 Å². The van der Waals surface area contributed by atoms with Gasteiger partial charge in [-0.15, -0.1) is 0 Å². The van der Waals surface area contributed by atoms with Gasteiger partial charge in [0, 0.05) is 12.3 Å². The zero-order chi connectivity index (χ0) is 17.4. The van der Waals surface area contributed by atoms with Gasteiger partial charge in [0.25, 0.3) is 0 Å². The summed E-state index contributed by atoms with van der Waals surface area (Å²) in [4.78, 5) is 22.7. The number of aliphatic hydroxyl groups is 1. The van der Waals surface area contributed by atoms with E-state index >= 15 is 0 Å². The molecule has 3 atom stereocenters. The van der Waals surface area contributed by atoms with Gasteiger partial charge < -0.3 is 9.84 Å². The minimum absolute atomic E-state index is 0.00133. The Morgan fingerprint density at radius 1 is 1.13 bits per heavy atom. The van der Waals surface area contributed by atoms with Crippen LogP contribution in [0.2, 0.25) is 0 Å². The van der Waals surface area contributed by atoms with Crippen LogP contribution >= 0.6 is 0 Å². The number of ketones is 2. The molecule has 0 aromatic heterocycles. The number of aliphatic hydroxyl groups excluding tert-OH is 1. The Labute approximate surface area is 138 Å². The highest BCUT2D eigenvalue weighted by atomic mass is 16.5. The van der Waals surface area contributed by atoms with Crippen molar-refractivity contribution in [3.63, 3.8) is 0 Å². The van der Waals surface area contributed by atoms with Crippen molar-refractivity contribution in [2.75, 3.05) is 0 Å². The minimum Gasteiger partial charge on any atom is -0.392 e. The van der Waals surface area contributed by atoms with Crippen LogP contribution < -0.4 is 0 Å². The fraction of sp³-hybridized carbons (Fsp3) is 0.579. The van der Waals surface area contributed by atoms with Crippen LogP contribution in [0, 0.1) is 11.8 Å². The van der Waals surface area contributed by atoms with E-state index in [1.807, 2.05) is 51.1 Å². The quantitative estimate of drug-likeness (QED) is 0.673. The highest BCUT2D eigenvalue weighted by Gasteiger charge is 2.29. The Bertz CT molecular complexity index is 495. The normalized spacial score (nSPS) is 15.2. The first-order valence-corrected chi connectivity index (χ1v) is 8.16. The SMILES string of the molecule is CC(=O)CC(=O)C[C@H](O)[C@H](C)[C@H](OCc1ccccc1)C(C)C. The van der Waals surface area contributed by atoms with Gasteiger partial charge in [0.05, 0.1) is 25.2 Å². The number of ether oxygens (including phenoxy) is 1. The van der Waals surface area contributed by atoms with E-state index in [-0.39, 0.29) is 42.3 Å². The lowest BCUT2D eigenvalue weighted by Crippen LogP contribution is -2.36. The molecule has 1 rings (SSSR count). The molecule has 0 heterocycles. The lowest BCUT2D eigenvalue weighted by molar-refractivity contribution is -0.128. The number of carbonyl (C=O) groups is 2. The van der Waals surface area contributed by atoms with E-state index in [4.69, 9.17) is 4.74 Å². The number of hydrogen-bond donors (Lipinski definition) is 1. The van der Waals surface area contributed by atoms with Crippen LogP contribution in [0.15, 0.2) is 30.3 Å². The number of carbonyl (C=O) groups excluding carboxylic acids is 2. The first kappa shape index (κ1) is 19.5. The first-order valence-electron chi connectivity index (χ1n) is 8.16. The number of benzene rings is 1. The average Bonchev–Trinajstić information content (AvgIpc) is 2.46. The van der Waals surface area contributed by atoms with Crippen molar-refractivity contribution in [3.8, 4) is 0 Å². The monoisotopic (exact) mass is 320 g/mol.